The second-order valence-electron chi connectivity index (χ2n) is 9.37. The fourth-order valence-electron chi connectivity index (χ4n) is 4.33. The standard InChI is InChI=1S/C27H27N5O3S/c1-35-23-7-9-24(10-8-23)36(33,34)32(22-5-6-22)16-21-14-19(12-13-28-21)18-2-11-26-25(15-18)27(30-17-29-26)31-20-3-4-20/h2,7-15,17,20,22H,3-6,16H2,1H3,(H,29,30,31). The number of pyridine rings is 1. The minimum absolute atomic E-state index is 0.00330. The van der Waals surface area contributed by atoms with Crippen molar-refractivity contribution >= 4 is 26.7 Å². The van der Waals surface area contributed by atoms with Crippen LogP contribution in [-0.2, 0) is 16.6 Å². The van der Waals surface area contributed by atoms with Crippen LogP contribution >= 0.6 is 0 Å². The van der Waals surface area contributed by atoms with Crippen molar-refractivity contribution < 1.29 is 13.2 Å². The van der Waals surface area contributed by atoms with Crippen LogP contribution in [0.3, 0.4) is 0 Å². The van der Waals surface area contributed by atoms with Crippen LogP contribution in [0.4, 0.5) is 5.82 Å². The van der Waals surface area contributed by atoms with E-state index in [1.807, 2.05) is 24.3 Å². The van der Waals surface area contributed by atoms with Gasteiger partial charge in [-0.2, -0.15) is 4.31 Å². The smallest absolute Gasteiger partial charge is 0.243 e. The summed E-state index contributed by atoms with van der Waals surface area (Å²) in [5.74, 6) is 1.47. The molecular weight excluding hydrogens is 474 g/mol. The molecule has 0 atom stereocenters. The highest BCUT2D eigenvalue weighted by Gasteiger charge is 2.38. The third kappa shape index (κ3) is 4.64. The molecular formula is C27H27N5O3S. The van der Waals surface area contributed by atoms with E-state index in [4.69, 9.17) is 4.74 Å². The van der Waals surface area contributed by atoms with E-state index in [1.54, 1.807) is 48.2 Å². The summed E-state index contributed by atoms with van der Waals surface area (Å²) in [5, 5.41) is 4.46. The second kappa shape index (κ2) is 9.15. The summed E-state index contributed by atoms with van der Waals surface area (Å²) in [6.45, 7) is 0.220. The number of nitrogens with one attached hydrogen (secondary N) is 1. The Kier molecular flexibility index (Phi) is 5.81. The zero-order valence-electron chi connectivity index (χ0n) is 20.0. The molecule has 184 valence electrons. The van der Waals surface area contributed by atoms with Gasteiger partial charge in [0, 0.05) is 23.7 Å². The number of nitrogens with zero attached hydrogens (tertiary/aromatic N) is 4. The first-order valence-electron chi connectivity index (χ1n) is 12.1. The number of rotatable bonds is 9. The number of fused-ring (bicyclic) bond motifs is 1. The fourth-order valence-corrected chi connectivity index (χ4v) is 5.99. The Morgan fingerprint density at radius 2 is 1.72 bits per heavy atom. The van der Waals surface area contributed by atoms with E-state index < -0.39 is 10.0 Å². The lowest BCUT2D eigenvalue weighted by atomic mass is 10.0. The lowest BCUT2D eigenvalue weighted by Gasteiger charge is -2.22. The van der Waals surface area contributed by atoms with E-state index in [9.17, 15) is 8.42 Å². The Balaban J connectivity index is 1.30. The lowest BCUT2D eigenvalue weighted by molar-refractivity contribution is 0.394. The van der Waals surface area contributed by atoms with Crippen molar-refractivity contribution in [2.45, 2.75) is 49.2 Å². The summed E-state index contributed by atoms with van der Waals surface area (Å²) in [7, 11) is -2.10. The number of sulfonamides is 1. The minimum Gasteiger partial charge on any atom is -0.497 e. The number of aromatic nitrogens is 3. The maximum atomic E-state index is 13.5. The normalized spacial score (nSPS) is 15.8. The first-order chi connectivity index (χ1) is 17.5. The maximum Gasteiger partial charge on any atom is 0.243 e. The van der Waals surface area contributed by atoms with Crippen LogP contribution in [-0.4, -0.2) is 46.9 Å². The largest absolute Gasteiger partial charge is 0.497 e. The highest BCUT2D eigenvalue weighted by atomic mass is 32.2. The molecule has 2 heterocycles. The molecule has 2 saturated carbocycles. The average Bonchev–Trinajstić information content (AvgIpc) is 3.83. The Bertz CT molecular complexity index is 1520. The molecule has 0 bridgehead atoms. The molecule has 2 aromatic carbocycles. The second-order valence-corrected chi connectivity index (χ2v) is 11.3. The molecule has 0 amide bonds. The summed E-state index contributed by atoms with van der Waals surface area (Å²) in [6.07, 6.45) is 7.37. The van der Waals surface area contributed by atoms with Crippen molar-refractivity contribution in [3.8, 4) is 16.9 Å². The molecule has 2 fully saturated rings. The summed E-state index contributed by atoms with van der Waals surface area (Å²) in [4.78, 5) is 13.6. The molecule has 0 spiro atoms. The number of methoxy groups -OCH3 is 1. The highest BCUT2D eigenvalue weighted by Crippen LogP contribution is 2.35. The van der Waals surface area contributed by atoms with E-state index in [0.717, 1.165) is 53.5 Å². The SMILES string of the molecule is COc1ccc(S(=O)(=O)N(Cc2cc(-c3ccc4ncnc(NC5CC5)c4c3)ccn2)C2CC2)cc1. The monoisotopic (exact) mass is 501 g/mol. The van der Waals surface area contributed by atoms with Crippen molar-refractivity contribution in [1.82, 2.24) is 19.3 Å². The number of hydrogen-bond acceptors (Lipinski definition) is 7. The Labute approximate surface area is 210 Å². The van der Waals surface area contributed by atoms with E-state index in [-0.39, 0.29) is 17.5 Å². The number of benzene rings is 2. The quantitative estimate of drug-likeness (QED) is 0.357. The average molecular weight is 502 g/mol. The molecule has 0 aliphatic heterocycles. The van der Waals surface area contributed by atoms with Gasteiger partial charge in [0.2, 0.25) is 10.0 Å². The molecule has 2 aliphatic carbocycles. The third-order valence-electron chi connectivity index (χ3n) is 6.64. The Morgan fingerprint density at radius 1 is 0.944 bits per heavy atom. The van der Waals surface area contributed by atoms with Gasteiger partial charge < -0.3 is 10.1 Å². The molecule has 2 aliphatic rings. The van der Waals surface area contributed by atoms with Crippen molar-refractivity contribution in [2.24, 2.45) is 0 Å². The topological polar surface area (TPSA) is 97.3 Å². The van der Waals surface area contributed by atoms with E-state index in [1.165, 1.54) is 0 Å². The van der Waals surface area contributed by atoms with Gasteiger partial charge in [0.15, 0.2) is 0 Å². The molecule has 2 aromatic heterocycles. The van der Waals surface area contributed by atoms with Crippen LogP contribution in [0, 0.1) is 0 Å². The molecule has 6 rings (SSSR count). The predicted octanol–water partition coefficient (Wildman–Crippen LogP) is 4.63. The lowest BCUT2D eigenvalue weighted by Crippen LogP contribution is -2.33. The first kappa shape index (κ1) is 22.9. The van der Waals surface area contributed by atoms with Crippen molar-refractivity contribution in [3.05, 3.63) is 72.8 Å². The molecule has 0 saturated heterocycles. The van der Waals surface area contributed by atoms with Gasteiger partial charge in [-0.15, -0.1) is 0 Å². The van der Waals surface area contributed by atoms with Crippen LogP contribution in [0.15, 0.2) is 72.0 Å². The summed E-state index contributed by atoms with van der Waals surface area (Å²) >= 11 is 0. The van der Waals surface area contributed by atoms with Gasteiger partial charge in [-0.3, -0.25) is 4.98 Å². The zero-order valence-corrected chi connectivity index (χ0v) is 20.8. The van der Waals surface area contributed by atoms with Crippen molar-refractivity contribution in [2.75, 3.05) is 12.4 Å². The molecule has 36 heavy (non-hydrogen) atoms. The molecule has 8 nitrogen and oxygen atoms in total. The van der Waals surface area contributed by atoms with E-state index in [2.05, 4.69) is 26.3 Å². The van der Waals surface area contributed by atoms with Crippen LogP contribution < -0.4 is 10.1 Å². The van der Waals surface area contributed by atoms with Gasteiger partial charge in [0.05, 0.1) is 29.8 Å². The van der Waals surface area contributed by atoms with Crippen LogP contribution in [0.2, 0.25) is 0 Å². The van der Waals surface area contributed by atoms with Crippen molar-refractivity contribution in [3.63, 3.8) is 0 Å². The number of anilines is 1. The van der Waals surface area contributed by atoms with Gasteiger partial charge in [-0.25, -0.2) is 18.4 Å². The fraction of sp³-hybridized carbons (Fsp3) is 0.296. The van der Waals surface area contributed by atoms with E-state index in [0.29, 0.717) is 17.5 Å². The Hall–Kier alpha value is -3.56. The van der Waals surface area contributed by atoms with Crippen molar-refractivity contribution in [1.29, 1.82) is 0 Å². The summed E-state index contributed by atoms with van der Waals surface area (Å²) < 4.78 is 33.7. The zero-order chi connectivity index (χ0) is 24.7. The van der Waals surface area contributed by atoms with Gasteiger partial charge in [0.1, 0.15) is 17.9 Å². The van der Waals surface area contributed by atoms with Crippen LogP contribution in [0.5, 0.6) is 5.75 Å². The molecule has 0 radical (unpaired) electrons. The summed E-state index contributed by atoms with van der Waals surface area (Å²) in [5.41, 5.74) is 3.57. The summed E-state index contributed by atoms with van der Waals surface area (Å²) in [6, 6.07) is 17.1. The van der Waals surface area contributed by atoms with Crippen LogP contribution in [0.25, 0.3) is 22.0 Å². The molecule has 1 N–H and O–H groups in total. The predicted molar refractivity (Wildman–Crippen MR) is 138 cm³/mol. The highest BCUT2D eigenvalue weighted by molar-refractivity contribution is 7.89. The van der Waals surface area contributed by atoms with Gasteiger partial charge in [0.25, 0.3) is 0 Å². The van der Waals surface area contributed by atoms with Gasteiger partial charge in [-0.05, 0) is 85.3 Å². The molecule has 0 unspecified atom stereocenters. The number of hydrogen-bond donors (Lipinski definition) is 1. The van der Waals surface area contributed by atoms with E-state index >= 15 is 0 Å². The Morgan fingerprint density at radius 3 is 2.44 bits per heavy atom. The van der Waals surface area contributed by atoms with Gasteiger partial charge in [-0.1, -0.05) is 6.07 Å². The third-order valence-corrected chi connectivity index (χ3v) is 8.55. The van der Waals surface area contributed by atoms with Gasteiger partial charge >= 0.3 is 0 Å². The molecule has 4 aromatic rings. The first-order valence-corrected chi connectivity index (χ1v) is 13.6. The van der Waals surface area contributed by atoms with Crippen LogP contribution in [0.1, 0.15) is 31.4 Å². The maximum absolute atomic E-state index is 13.5. The minimum atomic E-state index is -3.67. The number of ether oxygens (including phenoxy) is 1. The molecule has 9 heteroatoms.